The SMILES string of the molecule is CC/C=C\C/C=C\C/C=C\C/C=C\C/C=C\C/C=C\C/C=C\C/C=C\C/C=C\C/C=C\C/C=C\C/C=C\CCCCCCC(=O)OC(COC(=O)CCCCCCCCCCCCCC)COP(=O)(O)OCCN. The minimum Gasteiger partial charge on any atom is -0.462 e. The van der Waals surface area contributed by atoms with Crippen molar-refractivity contribution < 1.29 is 37.6 Å². The number of nitrogens with two attached hydrogens (primary N) is 1. The third-order valence-electron chi connectivity index (χ3n) is 11.5. The topological polar surface area (TPSA) is 134 Å². The Morgan fingerprint density at radius 2 is 0.743 bits per heavy atom. The summed E-state index contributed by atoms with van der Waals surface area (Å²) in [6.07, 6.45) is 83.4. The van der Waals surface area contributed by atoms with Crippen molar-refractivity contribution in [1.29, 1.82) is 0 Å². The van der Waals surface area contributed by atoms with Crippen LogP contribution >= 0.6 is 7.82 Å². The van der Waals surface area contributed by atoms with Gasteiger partial charge in [0.2, 0.25) is 0 Å². The first-order valence-corrected chi connectivity index (χ1v) is 30.3. The van der Waals surface area contributed by atoms with Crippen LogP contribution in [0.2, 0.25) is 0 Å². The normalized spacial score (nSPS) is 14.2. The van der Waals surface area contributed by atoms with Crippen molar-refractivity contribution in [3.8, 4) is 0 Å². The number of phosphoric acid groups is 1. The highest BCUT2D eigenvalue weighted by molar-refractivity contribution is 7.47. The van der Waals surface area contributed by atoms with Crippen molar-refractivity contribution in [3.05, 3.63) is 146 Å². The molecule has 418 valence electrons. The summed E-state index contributed by atoms with van der Waals surface area (Å²) in [5.74, 6) is -0.866. The van der Waals surface area contributed by atoms with Gasteiger partial charge in [-0.3, -0.25) is 18.6 Å². The number of rotatable bonds is 52. The average molecular weight is 1050 g/mol. The molecular weight excluding hydrogens is 942 g/mol. The summed E-state index contributed by atoms with van der Waals surface area (Å²) in [6, 6.07) is 0. The van der Waals surface area contributed by atoms with Crippen LogP contribution in [-0.2, 0) is 32.7 Å². The molecule has 74 heavy (non-hydrogen) atoms. The Morgan fingerprint density at radius 3 is 1.11 bits per heavy atom. The molecule has 0 aromatic heterocycles. The van der Waals surface area contributed by atoms with Crippen molar-refractivity contribution in [2.75, 3.05) is 26.4 Å². The fourth-order valence-electron chi connectivity index (χ4n) is 7.26. The standard InChI is InChI=1S/C64H104NO8P/c1-3-5-7-9-11-13-15-17-18-19-20-21-22-23-24-25-26-27-28-29-30-31-32-33-34-35-36-37-38-39-40-41-42-43-44-45-47-49-51-53-55-57-64(67)73-62(61-72-74(68,69)71-59-58-65)60-70-63(66)56-54-52-50-48-46-16-14-12-10-8-6-4-2/h5,7,11,13,17-18,20-21,23-24,26-27,29-30,32-33,35-36,38-39,41-42,44-45,62H,3-4,6,8-10,12,14-16,19,22,25,28,31,34,37,40,43,46-61,65H2,1-2H3,(H,68,69)/b7-5-,13-11-,18-17-,21-20-,24-23-,27-26-,30-29-,33-32-,36-35-,39-38-,42-41-,45-44-. The minimum absolute atomic E-state index is 0.0428. The predicted molar refractivity (Wildman–Crippen MR) is 316 cm³/mol. The summed E-state index contributed by atoms with van der Waals surface area (Å²) in [5, 5.41) is 0. The van der Waals surface area contributed by atoms with Gasteiger partial charge in [0, 0.05) is 19.4 Å². The maximum Gasteiger partial charge on any atom is 0.472 e. The number of esters is 2. The van der Waals surface area contributed by atoms with Crippen LogP contribution in [0.3, 0.4) is 0 Å². The summed E-state index contributed by atoms with van der Waals surface area (Å²) >= 11 is 0. The van der Waals surface area contributed by atoms with E-state index in [9.17, 15) is 19.0 Å². The molecule has 0 saturated heterocycles. The Kier molecular flexibility index (Phi) is 54.9. The molecule has 0 heterocycles. The largest absolute Gasteiger partial charge is 0.472 e. The van der Waals surface area contributed by atoms with Gasteiger partial charge in [0.25, 0.3) is 0 Å². The van der Waals surface area contributed by atoms with Gasteiger partial charge in [-0.1, -0.05) is 243 Å². The minimum atomic E-state index is -4.40. The second-order valence-corrected chi connectivity index (χ2v) is 19.9. The van der Waals surface area contributed by atoms with Gasteiger partial charge in [-0.15, -0.1) is 0 Å². The molecule has 2 atom stereocenters. The fourth-order valence-corrected chi connectivity index (χ4v) is 8.03. The van der Waals surface area contributed by atoms with Gasteiger partial charge in [-0.05, 0) is 103 Å². The summed E-state index contributed by atoms with van der Waals surface area (Å²) in [7, 11) is -4.40. The lowest BCUT2D eigenvalue weighted by Crippen LogP contribution is -2.29. The molecule has 0 radical (unpaired) electrons. The molecule has 0 aliphatic carbocycles. The average Bonchev–Trinajstić information content (AvgIpc) is 3.39. The molecule has 2 unspecified atom stereocenters. The third kappa shape index (κ3) is 57.2. The van der Waals surface area contributed by atoms with Crippen LogP contribution in [0, 0.1) is 0 Å². The molecule has 0 fully saturated rings. The first kappa shape index (κ1) is 69.9. The van der Waals surface area contributed by atoms with E-state index in [0.717, 1.165) is 122 Å². The quantitative estimate of drug-likeness (QED) is 0.0264. The number of allylic oxidation sites excluding steroid dienone is 24. The van der Waals surface area contributed by atoms with Gasteiger partial charge < -0.3 is 20.1 Å². The lowest BCUT2D eigenvalue weighted by molar-refractivity contribution is -0.161. The summed E-state index contributed by atoms with van der Waals surface area (Å²) in [5.41, 5.74) is 5.36. The molecule has 0 aliphatic rings. The van der Waals surface area contributed by atoms with Gasteiger partial charge >= 0.3 is 19.8 Å². The maximum absolute atomic E-state index is 12.7. The first-order valence-electron chi connectivity index (χ1n) is 28.8. The van der Waals surface area contributed by atoms with E-state index < -0.39 is 32.5 Å². The third-order valence-corrected chi connectivity index (χ3v) is 12.5. The predicted octanol–water partition coefficient (Wildman–Crippen LogP) is 18.3. The Labute approximate surface area is 452 Å². The highest BCUT2D eigenvalue weighted by Crippen LogP contribution is 2.43. The van der Waals surface area contributed by atoms with Crippen LogP contribution in [0.15, 0.2) is 146 Å². The van der Waals surface area contributed by atoms with E-state index >= 15 is 0 Å². The van der Waals surface area contributed by atoms with Crippen molar-refractivity contribution in [1.82, 2.24) is 0 Å². The number of carbonyl (C=O) groups excluding carboxylic acids is 2. The van der Waals surface area contributed by atoms with Gasteiger partial charge in [0.1, 0.15) is 6.61 Å². The van der Waals surface area contributed by atoms with Gasteiger partial charge in [-0.25, -0.2) is 4.57 Å². The molecular formula is C64H104NO8P. The van der Waals surface area contributed by atoms with Crippen LogP contribution in [0.4, 0.5) is 0 Å². The van der Waals surface area contributed by atoms with Gasteiger partial charge in [0.05, 0.1) is 13.2 Å². The van der Waals surface area contributed by atoms with E-state index in [2.05, 4.69) is 160 Å². The molecule has 0 aromatic carbocycles. The lowest BCUT2D eigenvalue weighted by atomic mass is 10.0. The zero-order valence-electron chi connectivity index (χ0n) is 46.5. The highest BCUT2D eigenvalue weighted by atomic mass is 31.2. The van der Waals surface area contributed by atoms with Gasteiger partial charge in [-0.2, -0.15) is 0 Å². The first-order chi connectivity index (χ1) is 36.3. The van der Waals surface area contributed by atoms with Crippen molar-refractivity contribution in [2.24, 2.45) is 5.73 Å². The van der Waals surface area contributed by atoms with Crippen LogP contribution in [0.25, 0.3) is 0 Å². The molecule has 0 aromatic rings. The van der Waals surface area contributed by atoms with Crippen molar-refractivity contribution in [3.63, 3.8) is 0 Å². The number of hydrogen-bond acceptors (Lipinski definition) is 8. The van der Waals surface area contributed by atoms with E-state index in [1.54, 1.807) is 0 Å². The number of carbonyl (C=O) groups is 2. The van der Waals surface area contributed by atoms with Crippen molar-refractivity contribution in [2.45, 2.75) is 219 Å². The van der Waals surface area contributed by atoms with E-state index in [0.29, 0.717) is 6.42 Å². The van der Waals surface area contributed by atoms with E-state index in [1.807, 2.05) is 0 Å². The molecule has 9 nitrogen and oxygen atoms in total. The number of unbranched alkanes of at least 4 members (excludes halogenated alkanes) is 15. The zero-order valence-corrected chi connectivity index (χ0v) is 47.4. The lowest BCUT2D eigenvalue weighted by Gasteiger charge is -2.19. The molecule has 0 aliphatic heterocycles. The van der Waals surface area contributed by atoms with Crippen molar-refractivity contribution >= 4 is 19.8 Å². The Morgan fingerprint density at radius 1 is 0.419 bits per heavy atom. The smallest absolute Gasteiger partial charge is 0.462 e. The highest BCUT2D eigenvalue weighted by Gasteiger charge is 2.26. The Hall–Kier alpha value is -4.11. The molecule has 0 saturated carbocycles. The molecule has 10 heteroatoms. The Balaban J connectivity index is 4.04. The molecule has 0 rings (SSSR count). The van der Waals surface area contributed by atoms with Crippen LogP contribution in [-0.4, -0.2) is 49.3 Å². The van der Waals surface area contributed by atoms with Crippen LogP contribution in [0.1, 0.15) is 213 Å². The summed E-state index contributed by atoms with van der Waals surface area (Å²) in [6.45, 7) is 3.57. The summed E-state index contributed by atoms with van der Waals surface area (Å²) < 4.78 is 32.9. The number of ether oxygens (including phenoxy) is 2. The van der Waals surface area contributed by atoms with E-state index in [1.165, 1.54) is 57.8 Å². The number of phosphoric ester groups is 1. The fraction of sp³-hybridized carbons (Fsp3) is 0.594. The molecule has 0 amide bonds. The second-order valence-electron chi connectivity index (χ2n) is 18.4. The number of hydrogen-bond donors (Lipinski definition) is 2. The monoisotopic (exact) mass is 1050 g/mol. The Bertz CT molecular complexity index is 1710. The van der Waals surface area contributed by atoms with Crippen LogP contribution < -0.4 is 5.73 Å². The second kappa shape index (κ2) is 58.2. The van der Waals surface area contributed by atoms with Crippen LogP contribution in [0.5, 0.6) is 0 Å². The zero-order chi connectivity index (χ0) is 53.8. The van der Waals surface area contributed by atoms with E-state index in [-0.39, 0.29) is 32.6 Å². The molecule has 0 bridgehead atoms. The summed E-state index contributed by atoms with van der Waals surface area (Å²) in [4.78, 5) is 35.0. The van der Waals surface area contributed by atoms with E-state index in [4.69, 9.17) is 24.3 Å². The molecule has 0 spiro atoms. The molecule has 3 N–H and O–H groups in total. The maximum atomic E-state index is 12.7. The van der Waals surface area contributed by atoms with Gasteiger partial charge in [0.15, 0.2) is 6.10 Å².